The Morgan fingerprint density at radius 1 is 1.11 bits per heavy atom. The van der Waals surface area contributed by atoms with Crippen LogP contribution >= 0.6 is 11.6 Å². The summed E-state index contributed by atoms with van der Waals surface area (Å²) in [6.45, 7) is 5.54. The van der Waals surface area contributed by atoms with E-state index in [4.69, 9.17) is 22.1 Å². The van der Waals surface area contributed by atoms with Crippen LogP contribution in [0.5, 0.6) is 0 Å². The van der Waals surface area contributed by atoms with Crippen molar-refractivity contribution in [1.82, 2.24) is 0 Å². The zero-order chi connectivity index (χ0) is 20.5. The average Bonchev–Trinajstić information content (AvgIpc) is 2.60. The minimum absolute atomic E-state index is 0.250. The summed E-state index contributed by atoms with van der Waals surface area (Å²) in [6.07, 6.45) is 0.665. The number of benzene rings is 2. The van der Waals surface area contributed by atoms with Gasteiger partial charge in [-0.2, -0.15) is 0 Å². The minimum Gasteiger partial charge on any atom is -0.460 e. The van der Waals surface area contributed by atoms with E-state index in [-0.39, 0.29) is 18.3 Å². The maximum atomic E-state index is 13.0. The van der Waals surface area contributed by atoms with Crippen molar-refractivity contribution < 1.29 is 14.6 Å². The molecule has 4 nitrogen and oxygen atoms in total. The van der Waals surface area contributed by atoms with E-state index in [1.54, 1.807) is 12.1 Å². The topological polar surface area (TPSA) is 72.5 Å². The van der Waals surface area contributed by atoms with Gasteiger partial charge in [-0.15, -0.1) is 0 Å². The molecule has 1 aliphatic carbocycles. The molecule has 150 valence electrons. The third kappa shape index (κ3) is 4.57. The zero-order valence-electron chi connectivity index (χ0n) is 16.6. The first kappa shape index (κ1) is 20.8. The first-order valence-corrected chi connectivity index (χ1v) is 9.99. The molecule has 2 aromatic rings. The van der Waals surface area contributed by atoms with Crippen LogP contribution in [0.4, 0.5) is 0 Å². The van der Waals surface area contributed by atoms with Crippen molar-refractivity contribution in [3.05, 3.63) is 70.7 Å². The Morgan fingerprint density at radius 3 is 2.29 bits per heavy atom. The van der Waals surface area contributed by atoms with Gasteiger partial charge in [0.2, 0.25) is 0 Å². The van der Waals surface area contributed by atoms with Crippen LogP contribution < -0.4 is 5.73 Å². The predicted molar refractivity (Wildman–Crippen MR) is 111 cm³/mol. The number of nitrogens with two attached hydrogens (primary N) is 1. The van der Waals surface area contributed by atoms with Crippen molar-refractivity contribution in [2.24, 2.45) is 11.7 Å². The molecule has 0 spiro atoms. The van der Waals surface area contributed by atoms with E-state index in [0.29, 0.717) is 11.4 Å². The summed E-state index contributed by atoms with van der Waals surface area (Å²) in [6, 6.07) is 16.4. The highest BCUT2D eigenvalue weighted by atomic mass is 35.5. The lowest BCUT2D eigenvalue weighted by atomic mass is 9.64. The number of carbonyl (C=O) groups excluding carboxylic acids is 1. The highest BCUT2D eigenvalue weighted by Gasteiger charge is 2.49. The number of esters is 1. The molecule has 28 heavy (non-hydrogen) atoms. The summed E-state index contributed by atoms with van der Waals surface area (Å²) < 4.78 is 5.67. The van der Waals surface area contributed by atoms with Crippen LogP contribution in [-0.2, 0) is 15.1 Å². The number of hydrogen-bond donors (Lipinski definition) is 2. The summed E-state index contributed by atoms with van der Waals surface area (Å²) in [5, 5.41) is 12.1. The Kier molecular flexibility index (Phi) is 5.85. The van der Waals surface area contributed by atoms with Crippen LogP contribution in [0.25, 0.3) is 0 Å². The minimum atomic E-state index is -1.14. The fourth-order valence-electron chi connectivity index (χ4n) is 4.12. The number of aliphatic hydroxyl groups is 1. The van der Waals surface area contributed by atoms with Crippen LogP contribution in [-0.4, -0.2) is 22.7 Å². The van der Waals surface area contributed by atoms with E-state index in [1.807, 2.05) is 63.2 Å². The molecule has 3 rings (SSSR count). The van der Waals surface area contributed by atoms with Crippen molar-refractivity contribution in [3.63, 3.8) is 0 Å². The molecule has 0 radical (unpaired) electrons. The molecule has 2 aromatic carbocycles. The van der Waals surface area contributed by atoms with Gasteiger partial charge in [-0.3, -0.25) is 4.79 Å². The van der Waals surface area contributed by atoms with Crippen LogP contribution in [0.3, 0.4) is 0 Å². The molecule has 0 heterocycles. The van der Waals surface area contributed by atoms with Crippen molar-refractivity contribution in [3.8, 4) is 0 Å². The molecule has 0 bridgehead atoms. The molecule has 1 aliphatic rings. The zero-order valence-corrected chi connectivity index (χ0v) is 17.3. The lowest BCUT2D eigenvalue weighted by molar-refractivity contribution is -0.165. The SMILES string of the molecule is CC(C)(C)OC(=O)[C@@H]1[C@@H](c2ccccc2)C[C@@](O)(c2ccc(Cl)cc2)C[C@@H]1N. The molecule has 1 fully saturated rings. The predicted octanol–water partition coefficient (Wildman–Crippen LogP) is 4.39. The Balaban J connectivity index is 1.99. The molecule has 0 aliphatic heterocycles. The van der Waals surface area contributed by atoms with Crippen molar-refractivity contribution >= 4 is 17.6 Å². The van der Waals surface area contributed by atoms with E-state index < -0.39 is 23.2 Å². The van der Waals surface area contributed by atoms with Gasteiger partial charge in [-0.05, 0) is 56.9 Å². The normalized spacial score (nSPS) is 28.0. The van der Waals surface area contributed by atoms with Crippen molar-refractivity contribution in [2.45, 2.75) is 56.8 Å². The molecule has 3 N–H and O–H groups in total. The molecular formula is C23H28ClNO3. The second kappa shape index (κ2) is 7.86. The fourth-order valence-corrected chi connectivity index (χ4v) is 4.25. The van der Waals surface area contributed by atoms with Crippen LogP contribution in [0.15, 0.2) is 54.6 Å². The molecule has 0 aromatic heterocycles. The first-order valence-electron chi connectivity index (χ1n) is 9.61. The molecule has 4 atom stereocenters. The third-order valence-corrected chi connectivity index (χ3v) is 5.57. The second-order valence-corrected chi connectivity index (χ2v) is 9.12. The van der Waals surface area contributed by atoms with Gasteiger partial charge in [0.1, 0.15) is 5.60 Å². The van der Waals surface area contributed by atoms with E-state index in [0.717, 1.165) is 11.1 Å². The van der Waals surface area contributed by atoms with Crippen molar-refractivity contribution in [1.29, 1.82) is 0 Å². The number of rotatable bonds is 3. The number of carbonyl (C=O) groups is 1. The Labute approximate surface area is 171 Å². The maximum Gasteiger partial charge on any atom is 0.311 e. The van der Waals surface area contributed by atoms with Gasteiger partial charge in [0.05, 0.1) is 11.5 Å². The second-order valence-electron chi connectivity index (χ2n) is 8.69. The molecule has 0 saturated heterocycles. The van der Waals surface area contributed by atoms with Gasteiger partial charge >= 0.3 is 5.97 Å². The highest BCUT2D eigenvalue weighted by molar-refractivity contribution is 6.30. The van der Waals surface area contributed by atoms with E-state index >= 15 is 0 Å². The maximum absolute atomic E-state index is 13.0. The van der Waals surface area contributed by atoms with E-state index in [9.17, 15) is 9.90 Å². The number of hydrogen-bond acceptors (Lipinski definition) is 4. The monoisotopic (exact) mass is 401 g/mol. The van der Waals surface area contributed by atoms with E-state index in [2.05, 4.69) is 0 Å². The van der Waals surface area contributed by atoms with Crippen molar-refractivity contribution in [2.75, 3.05) is 0 Å². The average molecular weight is 402 g/mol. The molecular weight excluding hydrogens is 374 g/mol. The molecule has 5 heteroatoms. The largest absolute Gasteiger partial charge is 0.460 e. The summed E-state index contributed by atoms with van der Waals surface area (Å²) >= 11 is 6.01. The molecule has 0 amide bonds. The van der Waals surface area contributed by atoms with Gasteiger partial charge < -0.3 is 15.6 Å². The van der Waals surface area contributed by atoms with Gasteiger partial charge in [-0.1, -0.05) is 54.1 Å². The Morgan fingerprint density at radius 2 is 1.71 bits per heavy atom. The summed E-state index contributed by atoms with van der Waals surface area (Å²) in [5.41, 5.74) is 6.48. The smallest absolute Gasteiger partial charge is 0.311 e. The van der Waals surface area contributed by atoms with Crippen LogP contribution in [0, 0.1) is 5.92 Å². The van der Waals surface area contributed by atoms with Crippen LogP contribution in [0.2, 0.25) is 5.02 Å². The molecule has 0 unspecified atom stereocenters. The Bertz CT molecular complexity index is 816. The fraction of sp³-hybridized carbons (Fsp3) is 0.435. The van der Waals surface area contributed by atoms with Gasteiger partial charge in [0.25, 0.3) is 0 Å². The van der Waals surface area contributed by atoms with Crippen LogP contribution in [0.1, 0.15) is 50.7 Å². The summed E-state index contributed by atoms with van der Waals surface area (Å²) in [5.74, 6) is -1.08. The molecule has 1 saturated carbocycles. The lowest BCUT2D eigenvalue weighted by Crippen LogP contribution is -2.52. The quantitative estimate of drug-likeness (QED) is 0.748. The number of ether oxygens (including phenoxy) is 1. The Hall–Kier alpha value is -1.88. The summed E-state index contributed by atoms with van der Waals surface area (Å²) in [4.78, 5) is 13.0. The van der Waals surface area contributed by atoms with Gasteiger partial charge in [0.15, 0.2) is 0 Å². The first-order chi connectivity index (χ1) is 13.1. The van der Waals surface area contributed by atoms with E-state index in [1.165, 1.54) is 0 Å². The number of halogens is 1. The standard InChI is InChI=1S/C23H28ClNO3/c1-22(2,3)28-21(26)20-18(15-7-5-4-6-8-15)13-23(27,14-19(20)25)16-9-11-17(24)12-10-16/h4-12,18-20,27H,13-14,25H2,1-3H3/t18-,19+,20-,23+/m1/s1. The highest BCUT2D eigenvalue weighted by Crippen LogP contribution is 2.47. The van der Waals surface area contributed by atoms with Gasteiger partial charge in [0, 0.05) is 17.0 Å². The summed E-state index contributed by atoms with van der Waals surface area (Å²) in [7, 11) is 0. The van der Waals surface area contributed by atoms with Gasteiger partial charge in [-0.25, -0.2) is 0 Å². The lowest BCUT2D eigenvalue weighted by Gasteiger charge is -2.45. The third-order valence-electron chi connectivity index (χ3n) is 5.31.